The first kappa shape index (κ1) is 14.1. The molecule has 0 saturated heterocycles. The van der Waals surface area contributed by atoms with Crippen molar-refractivity contribution in [1.29, 1.82) is 0 Å². The van der Waals surface area contributed by atoms with E-state index in [2.05, 4.69) is 49.3 Å². The van der Waals surface area contributed by atoms with Crippen LogP contribution in [-0.2, 0) is 6.42 Å². The van der Waals surface area contributed by atoms with Gasteiger partial charge in [-0.3, -0.25) is 0 Å². The normalized spacial score (nSPS) is 10.9. The van der Waals surface area contributed by atoms with Crippen LogP contribution < -0.4 is 0 Å². The number of benzene rings is 2. The van der Waals surface area contributed by atoms with E-state index in [1.54, 1.807) is 0 Å². The van der Waals surface area contributed by atoms with E-state index in [0.717, 1.165) is 18.0 Å². The summed E-state index contributed by atoms with van der Waals surface area (Å²) in [5.74, 6) is 0. The van der Waals surface area contributed by atoms with Gasteiger partial charge in [0.15, 0.2) is 0 Å². The molecule has 0 fully saturated rings. The summed E-state index contributed by atoms with van der Waals surface area (Å²) < 4.78 is 0. The zero-order valence-electron chi connectivity index (χ0n) is 11.6. The monoisotopic (exact) mass is 273 g/mol. The van der Waals surface area contributed by atoms with Crippen molar-refractivity contribution < 1.29 is 0 Å². The van der Waals surface area contributed by atoms with Crippen LogP contribution in [0, 0.1) is 0 Å². The molecule has 19 heavy (non-hydrogen) atoms. The molecule has 2 aromatic carbocycles. The third-order valence-electron chi connectivity index (χ3n) is 3.18. The standard InChI is InChI=1S/C17H20ClN/c1-19(2)12-4-5-14-8-10-15(11-9-14)16-6-3-7-17(18)13-16/h3,6-11,13H,4-5,12H2,1-2H3. The first-order chi connectivity index (χ1) is 9.15. The Kier molecular flexibility index (Phi) is 5.00. The van der Waals surface area contributed by atoms with Crippen LogP contribution in [0.4, 0.5) is 0 Å². The van der Waals surface area contributed by atoms with Gasteiger partial charge in [-0.2, -0.15) is 0 Å². The van der Waals surface area contributed by atoms with Crippen LogP contribution >= 0.6 is 11.6 Å². The van der Waals surface area contributed by atoms with Crippen molar-refractivity contribution in [2.45, 2.75) is 12.8 Å². The lowest BCUT2D eigenvalue weighted by molar-refractivity contribution is 0.400. The Morgan fingerprint density at radius 3 is 2.32 bits per heavy atom. The number of nitrogens with zero attached hydrogens (tertiary/aromatic N) is 1. The van der Waals surface area contributed by atoms with Crippen molar-refractivity contribution in [1.82, 2.24) is 4.90 Å². The van der Waals surface area contributed by atoms with Gasteiger partial charge in [-0.05, 0) is 62.3 Å². The zero-order valence-corrected chi connectivity index (χ0v) is 12.3. The fraction of sp³-hybridized carbons (Fsp3) is 0.294. The van der Waals surface area contributed by atoms with E-state index in [0.29, 0.717) is 0 Å². The minimum atomic E-state index is 0.785. The molecular weight excluding hydrogens is 254 g/mol. The number of hydrogen-bond donors (Lipinski definition) is 0. The van der Waals surface area contributed by atoms with Gasteiger partial charge in [-0.1, -0.05) is 48.0 Å². The lowest BCUT2D eigenvalue weighted by Crippen LogP contribution is -2.13. The van der Waals surface area contributed by atoms with Gasteiger partial charge in [0.1, 0.15) is 0 Å². The summed E-state index contributed by atoms with van der Waals surface area (Å²) in [5.41, 5.74) is 3.79. The van der Waals surface area contributed by atoms with Crippen molar-refractivity contribution in [3.63, 3.8) is 0 Å². The lowest BCUT2D eigenvalue weighted by atomic mass is 10.0. The molecule has 2 rings (SSSR count). The van der Waals surface area contributed by atoms with Gasteiger partial charge in [0.2, 0.25) is 0 Å². The molecule has 0 radical (unpaired) electrons. The molecule has 0 aliphatic heterocycles. The molecule has 0 spiro atoms. The highest BCUT2D eigenvalue weighted by Crippen LogP contribution is 2.23. The van der Waals surface area contributed by atoms with E-state index < -0.39 is 0 Å². The topological polar surface area (TPSA) is 3.24 Å². The predicted octanol–water partition coefficient (Wildman–Crippen LogP) is 4.50. The molecule has 0 heterocycles. The maximum Gasteiger partial charge on any atom is 0.0412 e. The van der Waals surface area contributed by atoms with E-state index in [9.17, 15) is 0 Å². The zero-order chi connectivity index (χ0) is 13.7. The summed E-state index contributed by atoms with van der Waals surface area (Å²) in [6.07, 6.45) is 2.33. The first-order valence-electron chi connectivity index (χ1n) is 6.65. The van der Waals surface area contributed by atoms with Crippen LogP contribution in [0.2, 0.25) is 5.02 Å². The van der Waals surface area contributed by atoms with E-state index >= 15 is 0 Å². The summed E-state index contributed by atoms with van der Waals surface area (Å²) in [6, 6.07) is 16.8. The maximum atomic E-state index is 6.02. The van der Waals surface area contributed by atoms with Crippen molar-refractivity contribution in [3.05, 3.63) is 59.1 Å². The van der Waals surface area contributed by atoms with E-state index in [4.69, 9.17) is 11.6 Å². The molecule has 0 atom stereocenters. The molecule has 0 aliphatic rings. The molecule has 0 amide bonds. The molecular formula is C17H20ClN. The highest BCUT2D eigenvalue weighted by molar-refractivity contribution is 6.30. The average molecular weight is 274 g/mol. The smallest absolute Gasteiger partial charge is 0.0412 e. The largest absolute Gasteiger partial charge is 0.309 e. The summed E-state index contributed by atoms with van der Waals surface area (Å²) in [5, 5.41) is 0.785. The molecule has 0 aliphatic carbocycles. The average Bonchev–Trinajstić information content (AvgIpc) is 2.39. The third-order valence-corrected chi connectivity index (χ3v) is 3.42. The Morgan fingerprint density at radius 2 is 1.68 bits per heavy atom. The SMILES string of the molecule is CN(C)CCCc1ccc(-c2cccc(Cl)c2)cc1. The van der Waals surface area contributed by atoms with E-state index in [1.165, 1.54) is 23.1 Å². The van der Waals surface area contributed by atoms with Crippen LogP contribution in [0.25, 0.3) is 11.1 Å². The van der Waals surface area contributed by atoms with Crippen LogP contribution in [0.15, 0.2) is 48.5 Å². The van der Waals surface area contributed by atoms with Crippen molar-refractivity contribution >= 4 is 11.6 Å². The number of rotatable bonds is 5. The number of hydrogen-bond acceptors (Lipinski definition) is 1. The van der Waals surface area contributed by atoms with E-state index in [-0.39, 0.29) is 0 Å². The summed E-state index contributed by atoms with van der Waals surface area (Å²) in [4.78, 5) is 2.22. The predicted molar refractivity (Wildman–Crippen MR) is 83.8 cm³/mol. The Labute approximate surface area is 120 Å². The van der Waals surface area contributed by atoms with Crippen LogP contribution in [0.3, 0.4) is 0 Å². The highest BCUT2D eigenvalue weighted by atomic mass is 35.5. The maximum absolute atomic E-state index is 6.02. The molecule has 0 saturated carbocycles. The van der Waals surface area contributed by atoms with E-state index in [1.807, 2.05) is 18.2 Å². The second-order valence-corrected chi connectivity index (χ2v) is 5.55. The van der Waals surface area contributed by atoms with Crippen molar-refractivity contribution in [3.8, 4) is 11.1 Å². The minimum Gasteiger partial charge on any atom is -0.309 e. The summed E-state index contributed by atoms with van der Waals surface area (Å²) in [6.45, 7) is 1.13. The first-order valence-corrected chi connectivity index (χ1v) is 7.02. The van der Waals surface area contributed by atoms with Crippen molar-refractivity contribution in [2.75, 3.05) is 20.6 Å². The van der Waals surface area contributed by atoms with Gasteiger partial charge in [0.25, 0.3) is 0 Å². The Bertz CT molecular complexity index is 517. The molecule has 0 aromatic heterocycles. The van der Waals surface area contributed by atoms with Gasteiger partial charge in [0.05, 0.1) is 0 Å². The van der Waals surface area contributed by atoms with Crippen LogP contribution in [0.1, 0.15) is 12.0 Å². The summed E-state index contributed by atoms with van der Waals surface area (Å²) >= 11 is 6.02. The molecule has 100 valence electrons. The Hall–Kier alpha value is -1.31. The molecule has 1 nitrogen and oxygen atoms in total. The van der Waals surface area contributed by atoms with Gasteiger partial charge >= 0.3 is 0 Å². The second-order valence-electron chi connectivity index (χ2n) is 5.11. The Morgan fingerprint density at radius 1 is 0.947 bits per heavy atom. The van der Waals surface area contributed by atoms with Gasteiger partial charge in [-0.15, -0.1) is 0 Å². The van der Waals surface area contributed by atoms with Crippen LogP contribution in [-0.4, -0.2) is 25.5 Å². The summed E-state index contributed by atoms with van der Waals surface area (Å²) in [7, 11) is 4.23. The highest BCUT2D eigenvalue weighted by Gasteiger charge is 1.99. The number of aryl methyl sites for hydroxylation is 1. The lowest BCUT2D eigenvalue weighted by Gasteiger charge is -2.09. The fourth-order valence-electron chi connectivity index (χ4n) is 2.13. The van der Waals surface area contributed by atoms with Gasteiger partial charge in [-0.25, -0.2) is 0 Å². The molecule has 0 N–H and O–H groups in total. The molecule has 0 unspecified atom stereocenters. The second kappa shape index (κ2) is 6.74. The molecule has 2 aromatic rings. The fourth-order valence-corrected chi connectivity index (χ4v) is 2.32. The third kappa shape index (κ3) is 4.38. The quantitative estimate of drug-likeness (QED) is 0.775. The van der Waals surface area contributed by atoms with Crippen molar-refractivity contribution in [2.24, 2.45) is 0 Å². The minimum absolute atomic E-state index is 0.785. The van der Waals surface area contributed by atoms with Gasteiger partial charge in [0, 0.05) is 5.02 Å². The molecule has 0 bridgehead atoms. The van der Waals surface area contributed by atoms with Gasteiger partial charge < -0.3 is 4.90 Å². The Balaban J connectivity index is 2.02. The van der Waals surface area contributed by atoms with Crippen LogP contribution in [0.5, 0.6) is 0 Å². The molecule has 2 heteroatoms. The number of halogens is 1.